The second-order valence-electron chi connectivity index (χ2n) is 6.49. The maximum absolute atomic E-state index is 12.6. The fourth-order valence-corrected chi connectivity index (χ4v) is 3.88. The van der Waals surface area contributed by atoms with Gasteiger partial charge in [-0.3, -0.25) is 0 Å². The number of hydrogen-bond acceptors (Lipinski definition) is 0. The van der Waals surface area contributed by atoms with E-state index in [1.54, 1.807) is 12.1 Å². The largest absolute Gasteiger partial charge is 0.416 e. The van der Waals surface area contributed by atoms with Gasteiger partial charge in [-0.1, -0.05) is 41.9 Å². The lowest BCUT2D eigenvalue weighted by Gasteiger charge is -2.35. The van der Waals surface area contributed by atoms with Crippen LogP contribution in [0.15, 0.2) is 24.3 Å². The van der Waals surface area contributed by atoms with Gasteiger partial charge in [0.1, 0.15) is 0 Å². The molecule has 0 spiro atoms. The van der Waals surface area contributed by atoms with Crippen molar-refractivity contribution < 1.29 is 13.2 Å². The first-order chi connectivity index (χ1) is 9.77. The van der Waals surface area contributed by atoms with Crippen molar-refractivity contribution in [3.05, 3.63) is 35.4 Å². The smallest absolute Gasteiger partial charge is 0.166 e. The van der Waals surface area contributed by atoms with Crippen LogP contribution in [-0.4, -0.2) is 4.83 Å². The van der Waals surface area contributed by atoms with Gasteiger partial charge in [0.25, 0.3) is 0 Å². The maximum atomic E-state index is 12.6. The number of benzene rings is 1. The minimum absolute atomic E-state index is 0.481. The summed E-state index contributed by atoms with van der Waals surface area (Å²) >= 11 is 3.76. The normalized spacial score (nSPS) is 27.1. The van der Waals surface area contributed by atoms with E-state index < -0.39 is 11.7 Å². The fourth-order valence-electron chi connectivity index (χ4n) is 3.21. The zero-order valence-corrected chi connectivity index (χ0v) is 14.0. The molecule has 0 amide bonds. The van der Waals surface area contributed by atoms with Crippen LogP contribution in [0.2, 0.25) is 0 Å². The Labute approximate surface area is 133 Å². The molecule has 1 aromatic rings. The Balaban J connectivity index is 2.03. The van der Waals surface area contributed by atoms with Crippen LogP contribution >= 0.6 is 15.9 Å². The highest BCUT2D eigenvalue weighted by molar-refractivity contribution is 9.09. The highest BCUT2D eigenvalue weighted by Crippen LogP contribution is 2.39. The average Bonchev–Trinajstić information content (AvgIpc) is 2.40. The summed E-state index contributed by atoms with van der Waals surface area (Å²) in [4.78, 5) is 0.481. The number of alkyl halides is 4. The van der Waals surface area contributed by atoms with Crippen LogP contribution in [0.25, 0.3) is 0 Å². The Kier molecular flexibility index (Phi) is 5.39. The predicted octanol–water partition coefficient (Wildman–Crippen LogP) is 6.08. The van der Waals surface area contributed by atoms with Gasteiger partial charge in [-0.25, -0.2) is 0 Å². The minimum atomic E-state index is -4.25. The molecule has 0 radical (unpaired) electrons. The van der Waals surface area contributed by atoms with E-state index in [1.807, 2.05) is 0 Å². The van der Waals surface area contributed by atoms with Crippen molar-refractivity contribution in [3.8, 4) is 0 Å². The zero-order chi connectivity index (χ0) is 15.6. The summed E-state index contributed by atoms with van der Waals surface area (Å²) in [5.41, 5.74) is 0.437. The molecule has 3 unspecified atom stereocenters. The third-order valence-electron chi connectivity index (χ3n) is 4.65. The van der Waals surface area contributed by atoms with Gasteiger partial charge in [0, 0.05) is 4.83 Å². The van der Waals surface area contributed by atoms with Crippen molar-refractivity contribution in [3.63, 3.8) is 0 Å². The van der Waals surface area contributed by atoms with Crippen molar-refractivity contribution in [1.29, 1.82) is 0 Å². The van der Waals surface area contributed by atoms with Crippen LogP contribution in [0.5, 0.6) is 0 Å². The van der Waals surface area contributed by atoms with Crippen LogP contribution in [0.1, 0.15) is 44.2 Å². The summed E-state index contributed by atoms with van der Waals surface area (Å²) < 4.78 is 37.7. The molecule has 1 aliphatic rings. The third kappa shape index (κ3) is 4.48. The minimum Gasteiger partial charge on any atom is -0.166 e. The van der Waals surface area contributed by atoms with Gasteiger partial charge in [-0.15, -0.1) is 0 Å². The Hall–Kier alpha value is -0.510. The Bertz CT molecular complexity index is 450. The summed E-state index contributed by atoms with van der Waals surface area (Å²) in [6.45, 7) is 4.52. The van der Waals surface area contributed by atoms with E-state index in [9.17, 15) is 13.2 Å². The van der Waals surface area contributed by atoms with Gasteiger partial charge in [-0.2, -0.15) is 13.2 Å². The second-order valence-corrected chi connectivity index (χ2v) is 7.67. The Morgan fingerprint density at radius 2 is 1.76 bits per heavy atom. The lowest BCUT2D eigenvalue weighted by atomic mass is 9.74. The number of rotatable bonds is 3. The molecule has 0 aliphatic heterocycles. The van der Waals surface area contributed by atoms with Crippen LogP contribution < -0.4 is 0 Å². The fraction of sp³-hybridized carbons (Fsp3) is 0.647. The number of hydrogen-bond donors (Lipinski definition) is 0. The van der Waals surface area contributed by atoms with Crippen molar-refractivity contribution >= 4 is 15.9 Å². The van der Waals surface area contributed by atoms with E-state index in [2.05, 4.69) is 29.8 Å². The third-order valence-corrected chi connectivity index (χ3v) is 5.86. The van der Waals surface area contributed by atoms with Gasteiger partial charge >= 0.3 is 6.18 Å². The Morgan fingerprint density at radius 1 is 1.14 bits per heavy atom. The molecule has 0 saturated heterocycles. The summed E-state index contributed by atoms with van der Waals surface area (Å²) in [5, 5.41) is 0. The van der Waals surface area contributed by atoms with Crippen molar-refractivity contribution in [2.45, 2.75) is 50.5 Å². The molecular weight excluding hydrogens is 341 g/mol. The van der Waals surface area contributed by atoms with Crippen molar-refractivity contribution in [2.75, 3.05) is 0 Å². The van der Waals surface area contributed by atoms with Gasteiger partial charge in [-0.05, 0) is 61.1 Å². The first-order valence-corrected chi connectivity index (χ1v) is 8.49. The van der Waals surface area contributed by atoms with Gasteiger partial charge in [0.05, 0.1) is 5.56 Å². The lowest BCUT2D eigenvalue weighted by molar-refractivity contribution is -0.137. The molecule has 0 N–H and O–H groups in total. The highest BCUT2D eigenvalue weighted by Gasteiger charge is 2.32. The first kappa shape index (κ1) is 16.9. The van der Waals surface area contributed by atoms with E-state index in [0.29, 0.717) is 16.7 Å². The predicted molar refractivity (Wildman–Crippen MR) is 83.5 cm³/mol. The van der Waals surface area contributed by atoms with Gasteiger partial charge in [0.2, 0.25) is 0 Å². The molecule has 3 atom stereocenters. The van der Waals surface area contributed by atoms with Gasteiger partial charge < -0.3 is 0 Å². The highest BCUT2D eigenvalue weighted by atomic mass is 79.9. The number of halogens is 4. The monoisotopic (exact) mass is 362 g/mol. The maximum Gasteiger partial charge on any atom is 0.416 e. The topological polar surface area (TPSA) is 0 Å². The zero-order valence-electron chi connectivity index (χ0n) is 12.5. The molecule has 1 fully saturated rings. The van der Waals surface area contributed by atoms with Gasteiger partial charge in [0.15, 0.2) is 0 Å². The van der Waals surface area contributed by atoms with E-state index in [4.69, 9.17) is 0 Å². The molecule has 0 bridgehead atoms. The van der Waals surface area contributed by atoms with E-state index in [1.165, 1.54) is 18.6 Å². The van der Waals surface area contributed by atoms with E-state index in [-0.39, 0.29) is 0 Å². The van der Waals surface area contributed by atoms with E-state index in [0.717, 1.165) is 30.7 Å². The molecule has 0 aromatic heterocycles. The van der Waals surface area contributed by atoms with Crippen LogP contribution in [0.4, 0.5) is 13.2 Å². The molecule has 0 heterocycles. The molecule has 1 saturated carbocycles. The summed E-state index contributed by atoms with van der Waals surface area (Å²) in [7, 11) is 0. The quantitative estimate of drug-likeness (QED) is 0.571. The lowest BCUT2D eigenvalue weighted by Crippen LogP contribution is -2.29. The molecule has 2 rings (SSSR count). The molecule has 1 aliphatic carbocycles. The first-order valence-electron chi connectivity index (χ1n) is 7.57. The average molecular weight is 363 g/mol. The standard InChI is InChI=1S/C17H22BrF3/c1-11(2)13-5-8-16(18)14(10-13)9-12-3-6-15(7-4-12)17(19,20)21/h3-4,6-7,11,13-14,16H,5,8-10H2,1-2H3. The Morgan fingerprint density at radius 3 is 2.29 bits per heavy atom. The molecule has 118 valence electrons. The SMILES string of the molecule is CC(C)C1CCC(Br)C(Cc2ccc(C(F)(F)F)cc2)C1. The summed E-state index contributed by atoms with van der Waals surface area (Å²) in [5.74, 6) is 1.93. The van der Waals surface area contributed by atoms with Crippen molar-refractivity contribution in [2.24, 2.45) is 17.8 Å². The van der Waals surface area contributed by atoms with Crippen LogP contribution in [0.3, 0.4) is 0 Å². The molecule has 1 aromatic carbocycles. The molecular formula is C17H22BrF3. The molecule has 0 nitrogen and oxygen atoms in total. The summed E-state index contributed by atoms with van der Waals surface area (Å²) in [6, 6.07) is 5.64. The van der Waals surface area contributed by atoms with Crippen LogP contribution in [-0.2, 0) is 12.6 Å². The molecule has 4 heteroatoms. The van der Waals surface area contributed by atoms with Crippen molar-refractivity contribution in [1.82, 2.24) is 0 Å². The van der Waals surface area contributed by atoms with Crippen LogP contribution in [0, 0.1) is 17.8 Å². The van der Waals surface area contributed by atoms with E-state index >= 15 is 0 Å². The summed E-state index contributed by atoms with van der Waals surface area (Å²) in [6.07, 6.45) is 0.182. The molecule has 21 heavy (non-hydrogen) atoms. The second kappa shape index (κ2) is 6.72.